The molecule has 30 heavy (non-hydrogen) atoms. The number of thioether (sulfide) groups is 1. The molecule has 4 rings (SSSR count). The van der Waals surface area contributed by atoms with Crippen LogP contribution in [-0.2, 0) is 19.6 Å². The van der Waals surface area contributed by atoms with Crippen molar-refractivity contribution in [2.24, 2.45) is 5.92 Å². The quantitative estimate of drug-likeness (QED) is 0.627. The van der Waals surface area contributed by atoms with E-state index in [2.05, 4.69) is 23.7 Å². The van der Waals surface area contributed by atoms with E-state index in [1.165, 1.54) is 0 Å². The fourth-order valence-electron chi connectivity index (χ4n) is 3.84. The first kappa shape index (κ1) is 20.9. The van der Waals surface area contributed by atoms with Gasteiger partial charge >= 0.3 is 5.69 Å². The Balaban J connectivity index is 1.81. The van der Waals surface area contributed by atoms with Gasteiger partial charge in [0, 0.05) is 31.1 Å². The molecule has 0 unspecified atom stereocenters. The van der Waals surface area contributed by atoms with Crippen LogP contribution >= 0.6 is 11.8 Å². The van der Waals surface area contributed by atoms with Gasteiger partial charge in [0.25, 0.3) is 5.56 Å². The zero-order valence-electron chi connectivity index (χ0n) is 17.6. The summed E-state index contributed by atoms with van der Waals surface area (Å²) in [6.45, 7) is 8.20. The van der Waals surface area contributed by atoms with Crippen molar-refractivity contribution in [2.45, 2.75) is 39.9 Å². The molecule has 7 nitrogen and oxygen atoms in total. The molecule has 8 heteroatoms. The molecular weight excluding hydrogens is 398 g/mol. The minimum Gasteiger partial charge on any atom is -0.321 e. The molecule has 0 radical (unpaired) electrons. The maximum Gasteiger partial charge on any atom is 0.330 e. The van der Waals surface area contributed by atoms with E-state index < -0.39 is 5.69 Å². The van der Waals surface area contributed by atoms with Crippen LogP contribution in [0.15, 0.2) is 39.9 Å². The Morgan fingerprint density at radius 3 is 2.50 bits per heavy atom. The summed E-state index contributed by atoms with van der Waals surface area (Å²) < 4.78 is 3.63. The number of aromatic nitrogens is 4. The summed E-state index contributed by atoms with van der Waals surface area (Å²) in [6.07, 6.45) is 0.950. The predicted molar refractivity (Wildman–Crippen MR) is 122 cm³/mol. The zero-order chi connectivity index (χ0) is 21.1. The van der Waals surface area contributed by atoms with E-state index in [0.717, 1.165) is 48.9 Å². The normalized spacial score (nSPS) is 15.3. The van der Waals surface area contributed by atoms with E-state index in [4.69, 9.17) is 4.98 Å². The molecule has 1 fully saturated rings. The molecule has 1 aliphatic heterocycles. The Labute approximate surface area is 180 Å². The van der Waals surface area contributed by atoms with Crippen LogP contribution in [0.25, 0.3) is 11.2 Å². The van der Waals surface area contributed by atoms with Crippen LogP contribution in [0.2, 0.25) is 0 Å². The summed E-state index contributed by atoms with van der Waals surface area (Å²) in [7, 11) is 0. The molecule has 1 aromatic carbocycles. The molecule has 0 atom stereocenters. The lowest BCUT2D eigenvalue weighted by atomic mass is 10.1. The number of hydrogen-bond donors (Lipinski definition) is 1. The third-order valence-electron chi connectivity index (χ3n) is 5.55. The number of rotatable bonds is 7. The van der Waals surface area contributed by atoms with Gasteiger partial charge in [0.1, 0.15) is 5.82 Å². The van der Waals surface area contributed by atoms with Crippen molar-refractivity contribution in [1.82, 2.24) is 24.0 Å². The van der Waals surface area contributed by atoms with Gasteiger partial charge in [0.05, 0.1) is 13.1 Å². The summed E-state index contributed by atoms with van der Waals surface area (Å²) in [5.41, 5.74) is 1.23. The molecule has 0 saturated carbocycles. The highest BCUT2D eigenvalue weighted by Crippen LogP contribution is 2.18. The van der Waals surface area contributed by atoms with Crippen LogP contribution in [0.5, 0.6) is 0 Å². The Bertz CT molecular complexity index is 1110. The first-order valence-corrected chi connectivity index (χ1v) is 11.7. The van der Waals surface area contributed by atoms with Crippen LogP contribution in [-0.4, -0.2) is 48.6 Å². The first-order valence-electron chi connectivity index (χ1n) is 10.6. The summed E-state index contributed by atoms with van der Waals surface area (Å²) >= 11 is 1.97. The van der Waals surface area contributed by atoms with Crippen molar-refractivity contribution in [1.29, 1.82) is 0 Å². The molecule has 0 bridgehead atoms. The van der Waals surface area contributed by atoms with E-state index in [1.54, 1.807) is 4.57 Å². The monoisotopic (exact) mass is 427 g/mol. The average molecular weight is 428 g/mol. The van der Waals surface area contributed by atoms with Crippen LogP contribution in [0.4, 0.5) is 0 Å². The number of hydrogen-bond acceptors (Lipinski definition) is 5. The molecule has 160 valence electrons. The number of H-pyrrole nitrogens is 1. The Morgan fingerprint density at radius 2 is 1.80 bits per heavy atom. The lowest BCUT2D eigenvalue weighted by Crippen LogP contribution is -2.33. The van der Waals surface area contributed by atoms with Gasteiger partial charge in [0.2, 0.25) is 0 Å². The highest BCUT2D eigenvalue weighted by atomic mass is 32.2. The number of benzene rings is 1. The molecule has 0 amide bonds. The molecule has 3 heterocycles. The van der Waals surface area contributed by atoms with Gasteiger partial charge < -0.3 is 4.57 Å². The van der Waals surface area contributed by atoms with E-state index in [1.807, 2.05) is 46.7 Å². The van der Waals surface area contributed by atoms with Gasteiger partial charge in [-0.15, -0.1) is 0 Å². The highest BCUT2D eigenvalue weighted by Gasteiger charge is 2.21. The fourth-order valence-corrected chi connectivity index (χ4v) is 4.82. The van der Waals surface area contributed by atoms with E-state index in [0.29, 0.717) is 30.2 Å². The molecule has 1 saturated heterocycles. The molecule has 2 aromatic heterocycles. The molecule has 0 aliphatic carbocycles. The molecule has 1 aliphatic rings. The smallest absolute Gasteiger partial charge is 0.321 e. The van der Waals surface area contributed by atoms with Crippen LogP contribution in [0.3, 0.4) is 0 Å². The molecule has 1 N–H and O–H groups in total. The minimum atomic E-state index is -0.411. The third kappa shape index (κ3) is 4.54. The second-order valence-corrected chi connectivity index (χ2v) is 9.48. The minimum absolute atomic E-state index is 0.351. The summed E-state index contributed by atoms with van der Waals surface area (Å²) in [4.78, 5) is 35.3. The van der Waals surface area contributed by atoms with Crippen LogP contribution in [0.1, 0.15) is 31.7 Å². The first-order chi connectivity index (χ1) is 14.5. The predicted octanol–water partition coefficient (Wildman–Crippen LogP) is 2.53. The lowest BCUT2D eigenvalue weighted by molar-refractivity contribution is 0.282. The Morgan fingerprint density at radius 1 is 1.07 bits per heavy atom. The number of aryl methyl sites for hydroxylation is 1. The van der Waals surface area contributed by atoms with Crippen molar-refractivity contribution in [3.63, 3.8) is 0 Å². The molecule has 3 aromatic rings. The maximum absolute atomic E-state index is 12.8. The standard InChI is InChI=1S/C22H29N5O2S/c1-16(2)8-9-26-18(15-25-10-12-30-13-11-25)23-20-19(26)21(28)24-22(29)27(20)14-17-6-4-3-5-7-17/h3-7,16H,8-15H2,1-2H3,(H,24,28,29). The molecular formula is C22H29N5O2S. The van der Waals surface area contributed by atoms with Crippen molar-refractivity contribution in [2.75, 3.05) is 24.6 Å². The topological polar surface area (TPSA) is 75.9 Å². The SMILES string of the molecule is CC(C)CCn1c(CN2CCSCC2)nc2c1c(=O)[nH]c(=O)n2Cc1ccccc1. The van der Waals surface area contributed by atoms with Crippen molar-refractivity contribution in [3.8, 4) is 0 Å². The van der Waals surface area contributed by atoms with Gasteiger partial charge in [-0.1, -0.05) is 44.2 Å². The molecule has 0 spiro atoms. The summed E-state index contributed by atoms with van der Waals surface area (Å²) in [5, 5.41) is 0. The fraction of sp³-hybridized carbons (Fsp3) is 0.500. The number of nitrogens with one attached hydrogen (secondary N) is 1. The average Bonchev–Trinajstić information content (AvgIpc) is 3.09. The van der Waals surface area contributed by atoms with Crippen molar-refractivity contribution >= 4 is 22.9 Å². The number of nitrogens with zero attached hydrogens (tertiary/aromatic N) is 4. The van der Waals surface area contributed by atoms with Gasteiger partial charge in [-0.2, -0.15) is 11.8 Å². The second-order valence-electron chi connectivity index (χ2n) is 8.25. The van der Waals surface area contributed by atoms with Gasteiger partial charge in [-0.3, -0.25) is 19.2 Å². The number of imidazole rings is 1. The summed E-state index contributed by atoms with van der Waals surface area (Å²) in [5.74, 6) is 3.61. The highest BCUT2D eigenvalue weighted by molar-refractivity contribution is 7.99. The van der Waals surface area contributed by atoms with Crippen LogP contribution in [0, 0.1) is 5.92 Å². The second kappa shape index (κ2) is 9.22. The lowest BCUT2D eigenvalue weighted by Gasteiger charge is -2.26. The third-order valence-corrected chi connectivity index (χ3v) is 6.49. The Kier molecular flexibility index (Phi) is 6.43. The largest absolute Gasteiger partial charge is 0.330 e. The Hall–Kier alpha value is -2.32. The van der Waals surface area contributed by atoms with E-state index in [-0.39, 0.29) is 5.56 Å². The van der Waals surface area contributed by atoms with Gasteiger partial charge in [-0.05, 0) is 17.9 Å². The van der Waals surface area contributed by atoms with Crippen LogP contribution < -0.4 is 11.2 Å². The van der Waals surface area contributed by atoms with Crippen molar-refractivity contribution < 1.29 is 0 Å². The maximum atomic E-state index is 12.8. The van der Waals surface area contributed by atoms with Gasteiger partial charge in [0.15, 0.2) is 11.2 Å². The van der Waals surface area contributed by atoms with E-state index >= 15 is 0 Å². The van der Waals surface area contributed by atoms with Crippen molar-refractivity contribution in [3.05, 3.63) is 62.6 Å². The summed E-state index contributed by atoms with van der Waals surface area (Å²) in [6, 6.07) is 9.80. The number of fused-ring (bicyclic) bond motifs is 1. The zero-order valence-corrected chi connectivity index (χ0v) is 18.5. The van der Waals surface area contributed by atoms with E-state index in [9.17, 15) is 9.59 Å². The van der Waals surface area contributed by atoms with Gasteiger partial charge in [-0.25, -0.2) is 9.78 Å². The number of aromatic amines is 1.